The molecule has 1 fully saturated rings. The SMILES string of the molecule is COc1cc(C)nc(CN2CCC(OCCN)CC2)c1. The Balaban J connectivity index is 1.84. The van der Waals surface area contributed by atoms with Crippen molar-refractivity contribution in [3.8, 4) is 5.75 Å². The summed E-state index contributed by atoms with van der Waals surface area (Å²) in [5.41, 5.74) is 7.53. The molecule has 20 heavy (non-hydrogen) atoms. The molecule has 2 rings (SSSR count). The summed E-state index contributed by atoms with van der Waals surface area (Å²) >= 11 is 0. The topological polar surface area (TPSA) is 60.6 Å². The van der Waals surface area contributed by atoms with Gasteiger partial charge in [-0.2, -0.15) is 0 Å². The first kappa shape index (κ1) is 15.2. The van der Waals surface area contributed by atoms with Gasteiger partial charge in [0.25, 0.3) is 0 Å². The lowest BCUT2D eigenvalue weighted by Crippen LogP contribution is -2.37. The van der Waals surface area contributed by atoms with E-state index in [4.69, 9.17) is 15.2 Å². The van der Waals surface area contributed by atoms with E-state index >= 15 is 0 Å². The molecule has 0 saturated carbocycles. The third-order valence-corrected chi connectivity index (χ3v) is 3.61. The molecule has 0 amide bonds. The van der Waals surface area contributed by atoms with Crippen molar-refractivity contribution in [2.45, 2.75) is 32.4 Å². The van der Waals surface area contributed by atoms with E-state index in [0.29, 0.717) is 19.3 Å². The molecule has 2 heterocycles. The van der Waals surface area contributed by atoms with Gasteiger partial charge in [0.05, 0.1) is 25.5 Å². The number of likely N-dealkylation sites (tertiary alicyclic amines) is 1. The predicted molar refractivity (Wildman–Crippen MR) is 78.8 cm³/mol. The highest BCUT2D eigenvalue weighted by Gasteiger charge is 2.20. The van der Waals surface area contributed by atoms with E-state index in [-0.39, 0.29) is 0 Å². The summed E-state index contributed by atoms with van der Waals surface area (Å²) in [6, 6.07) is 3.97. The van der Waals surface area contributed by atoms with E-state index in [1.807, 2.05) is 19.1 Å². The first-order valence-corrected chi connectivity index (χ1v) is 7.27. The molecule has 1 aliphatic heterocycles. The van der Waals surface area contributed by atoms with E-state index in [0.717, 1.165) is 49.6 Å². The molecule has 0 unspecified atom stereocenters. The lowest BCUT2D eigenvalue weighted by atomic mass is 10.1. The van der Waals surface area contributed by atoms with Crippen molar-refractivity contribution in [2.24, 2.45) is 5.73 Å². The zero-order chi connectivity index (χ0) is 14.4. The highest BCUT2D eigenvalue weighted by molar-refractivity contribution is 5.26. The number of ether oxygens (including phenoxy) is 2. The van der Waals surface area contributed by atoms with Crippen LogP contribution in [-0.4, -0.2) is 49.3 Å². The molecule has 0 bridgehead atoms. The number of aromatic nitrogens is 1. The number of methoxy groups -OCH3 is 1. The molecule has 0 atom stereocenters. The van der Waals surface area contributed by atoms with Gasteiger partial charge in [-0.15, -0.1) is 0 Å². The normalized spacial score (nSPS) is 17.4. The first-order chi connectivity index (χ1) is 9.71. The number of pyridine rings is 1. The Bertz CT molecular complexity index is 418. The second kappa shape index (κ2) is 7.57. The number of hydrogen-bond acceptors (Lipinski definition) is 5. The van der Waals surface area contributed by atoms with Crippen LogP contribution in [-0.2, 0) is 11.3 Å². The highest BCUT2D eigenvalue weighted by Crippen LogP contribution is 2.18. The summed E-state index contributed by atoms with van der Waals surface area (Å²) in [4.78, 5) is 7.00. The highest BCUT2D eigenvalue weighted by atomic mass is 16.5. The lowest BCUT2D eigenvalue weighted by Gasteiger charge is -2.31. The molecule has 112 valence electrons. The molecule has 1 aliphatic rings. The van der Waals surface area contributed by atoms with Crippen LogP contribution in [0.3, 0.4) is 0 Å². The van der Waals surface area contributed by atoms with E-state index in [9.17, 15) is 0 Å². The van der Waals surface area contributed by atoms with Gasteiger partial charge in [0, 0.05) is 44.0 Å². The zero-order valence-electron chi connectivity index (χ0n) is 12.5. The van der Waals surface area contributed by atoms with Gasteiger partial charge in [-0.05, 0) is 19.8 Å². The van der Waals surface area contributed by atoms with Gasteiger partial charge < -0.3 is 15.2 Å². The molecule has 1 aromatic heterocycles. The standard InChI is InChI=1S/C15H25N3O2/c1-12-9-15(19-2)10-13(17-12)11-18-6-3-14(4-7-18)20-8-5-16/h9-10,14H,3-8,11,16H2,1-2H3. The van der Waals surface area contributed by atoms with Crippen molar-refractivity contribution in [2.75, 3.05) is 33.4 Å². The molecular weight excluding hydrogens is 254 g/mol. The van der Waals surface area contributed by atoms with E-state index < -0.39 is 0 Å². The predicted octanol–water partition coefficient (Wildman–Crippen LogP) is 1.34. The van der Waals surface area contributed by atoms with Crippen LogP contribution in [0.5, 0.6) is 5.75 Å². The number of nitrogens with zero attached hydrogens (tertiary/aromatic N) is 2. The van der Waals surface area contributed by atoms with Gasteiger partial charge in [-0.1, -0.05) is 0 Å². The molecule has 1 aromatic rings. The fourth-order valence-corrected chi connectivity index (χ4v) is 2.60. The van der Waals surface area contributed by atoms with Crippen LogP contribution in [0.2, 0.25) is 0 Å². The smallest absolute Gasteiger partial charge is 0.122 e. The Morgan fingerprint density at radius 2 is 2.10 bits per heavy atom. The molecule has 0 aromatic carbocycles. The molecule has 5 heteroatoms. The average molecular weight is 279 g/mol. The monoisotopic (exact) mass is 279 g/mol. The van der Waals surface area contributed by atoms with Crippen LogP contribution in [0.25, 0.3) is 0 Å². The lowest BCUT2D eigenvalue weighted by molar-refractivity contribution is 0.00953. The third-order valence-electron chi connectivity index (χ3n) is 3.61. The van der Waals surface area contributed by atoms with E-state index in [1.54, 1.807) is 7.11 Å². The van der Waals surface area contributed by atoms with Crippen LogP contribution < -0.4 is 10.5 Å². The maximum atomic E-state index is 5.70. The molecule has 0 radical (unpaired) electrons. The van der Waals surface area contributed by atoms with Crippen molar-refractivity contribution >= 4 is 0 Å². The van der Waals surface area contributed by atoms with Crippen LogP contribution in [0.1, 0.15) is 24.2 Å². The zero-order valence-corrected chi connectivity index (χ0v) is 12.5. The van der Waals surface area contributed by atoms with Gasteiger partial charge >= 0.3 is 0 Å². The van der Waals surface area contributed by atoms with Gasteiger partial charge in [0.15, 0.2) is 0 Å². The van der Waals surface area contributed by atoms with Gasteiger partial charge in [0.2, 0.25) is 0 Å². The van der Waals surface area contributed by atoms with Crippen LogP contribution >= 0.6 is 0 Å². The molecule has 5 nitrogen and oxygen atoms in total. The van der Waals surface area contributed by atoms with Gasteiger partial charge in [-0.25, -0.2) is 0 Å². The van der Waals surface area contributed by atoms with Gasteiger partial charge in [0.1, 0.15) is 5.75 Å². The number of aryl methyl sites for hydroxylation is 1. The number of nitrogens with two attached hydrogens (primary N) is 1. The van der Waals surface area contributed by atoms with Crippen molar-refractivity contribution in [1.82, 2.24) is 9.88 Å². The van der Waals surface area contributed by atoms with Crippen molar-refractivity contribution in [3.05, 3.63) is 23.5 Å². The van der Waals surface area contributed by atoms with E-state index in [1.165, 1.54) is 0 Å². The Hall–Kier alpha value is -1.17. The Labute approximate surface area is 121 Å². The maximum absolute atomic E-state index is 5.70. The first-order valence-electron chi connectivity index (χ1n) is 7.27. The maximum Gasteiger partial charge on any atom is 0.122 e. The summed E-state index contributed by atoms with van der Waals surface area (Å²) in [7, 11) is 1.69. The third kappa shape index (κ3) is 4.44. The molecule has 2 N–H and O–H groups in total. The fourth-order valence-electron chi connectivity index (χ4n) is 2.60. The number of hydrogen-bond donors (Lipinski definition) is 1. The summed E-state index contributed by atoms with van der Waals surface area (Å²) in [5.74, 6) is 0.883. The summed E-state index contributed by atoms with van der Waals surface area (Å²) in [6.07, 6.45) is 2.51. The average Bonchev–Trinajstić information content (AvgIpc) is 2.46. The minimum atomic E-state index is 0.370. The van der Waals surface area contributed by atoms with Crippen LogP contribution in [0, 0.1) is 6.92 Å². The molecule has 0 aliphatic carbocycles. The minimum absolute atomic E-state index is 0.370. The van der Waals surface area contributed by atoms with E-state index in [2.05, 4.69) is 9.88 Å². The second-order valence-corrected chi connectivity index (χ2v) is 5.27. The van der Waals surface area contributed by atoms with Crippen molar-refractivity contribution in [1.29, 1.82) is 0 Å². The van der Waals surface area contributed by atoms with Crippen molar-refractivity contribution < 1.29 is 9.47 Å². The summed E-state index contributed by atoms with van der Waals surface area (Å²) < 4.78 is 11.0. The molecule has 0 spiro atoms. The Kier molecular flexibility index (Phi) is 5.76. The Morgan fingerprint density at radius 3 is 2.75 bits per heavy atom. The minimum Gasteiger partial charge on any atom is -0.497 e. The van der Waals surface area contributed by atoms with Gasteiger partial charge in [-0.3, -0.25) is 9.88 Å². The summed E-state index contributed by atoms with van der Waals surface area (Å²) in [6.45, 7) is 6.25. The Morgan fingerprint density at radius 1 is 1.35 bits per heavy atom. The number of rotatable bonds is 6. The number of piperidine rings is 1. The molecular formula is C15H25N3O2. The largest absolute Gasteiger partial charge is 0.497 e. The van der Waals surface area contributed by atoms with Crippen LogP contribution in [0.4, 0.5) is 0 Å². The fraction of sp³-hybridized carbons (Fsp3) is 0.667. The quantitative estimate of drug-likeness (QED) is 0.851. The van der Waals surface area contributed by atoms with Crippen LogP contribution in [0.15, 0.2) is 12.1 Å². The summed E-state index contributed by atoms with van der Waals surface area (Å²) in [5, 5.41) is 0. The van der Waals surface area contributed by atoms with Crippen molar-refractivity contribution in [3.63, 3.8) is 0 Å². The second-order valence-electron chi connectivity index (χ2n) is 5.27. The molecule has 1 saturated heterocycles.